The van der Waals surface area contributed by atoms with Crippen LogP contribution in [0.4, 0.5) is 11.4 Å². The van der Waals surface area contributed by atoms with Gasteiger partial charge in [0.05, 0.1) is 30.1 Å². The zero-order valence-corrected chi connectivity index (χ0v) is 19.6. The highest BCUT2D eigenvalue weighted by Crippen LogP contribution is 2.39. The predicted molar refractivity (Wildman–Crippen MR) is 128 cm³/mol. The molecule has 0 fully saturated rings. The summed E-state index contributed by atoms with van der Waals surface area (Å²) in [6.45, 7) is 2.13. The van der Waals surface area contributed by atoms with Crippen LogP contribution in [0.5, 0.6) is 11.5 Å². The number of methoxy groups -OCH3 is 2. The van der Waals surface area contributed by atoms with Gasteiger partial charge in [0, 0.05) is 17.7 Å². The Bertz CT molecular complexity index is 1150. The Morgan fingerprint density at radius 1 is 1.00 bits per heavy atom. The molecule has 0 spiro atoms. The van der Waals surface area contributed by atoms with Crippen LogP contribution >= 0.6 is 15.9 Å². The summed E-state index contributed by atoms with van der Waals surface area (Å²) in [5, 5.41) is 5.68. The number of anilines is 2. The maximum absolute atomic E-state index is 12.8. The van der Waals surface area contributed by atoms with Crippen molar-refractivity contribution in [2.75, 3.05) is 25.3 Å². The zero-order valence-electron chi connectivity index (χ0n) is 18.0. The van der Waals surface area contributed by atoms with Gasteiger partial charge in [0.25, 0.3) is 11.8 Å². The van der Waals surface area contributed by atoms with Crippen molar-refractivity contribution in [3.63, 3.8) is 0 Å². The number of nitrogen functional groups attached to an aromatic ring is 1. The van der Waals surface area contributed by atoms with E-state index in [0.717, 1.165) is 11.1 Å². The summed E-state index contributed by atoms with van der Waals surface area (Å²) < 4.78 is 11.3. The minimum Gasteiger partial charge on any atom is -0.493 e. The van der Waals surface area contributed by atoms with E-state index in [9.17, 15) is 9.59 Å². The van der Waals surface area contributed by atoms with Gasteiger partial charge in [-0.05, 0) is 64.3 Å². The number of hydrogen-bond donors (Lipinski definition) is 3. The van der Waals surface area contributed by atoms with Gasteiger partial charge in [-0.15, -0.1) is 0 Å². The Labute approximate surface area is 195 Å². The SMILES string of the molecule is COc1cc(C(=O)NCc2ccc(C(=O)Nc3ccccc3N)cc2)c(C)c(Br)c1OC. The summed E-state index contributed by atoms with van der Waals surface area (Å²) >= 11 is 3.47. The van der Waals surface area contributed by atoms with E-state index in [0.29, 0.717) is 45.0 Å². The number of para-hydroxylation sites is 2. The summed E-state index contributed by atoms with van der Waals surface area (Å²) in [5.74, 6) is 0.493. The molecule has 3 rings (SSSR count). The molecule has 0 radical (unpaired) electrons. The lowest BCUT2D eigenvalue weighted by Crippen LogP contribution is -2.24. The van der Waals surface area contributed by atoms with Crippen molar-refractivity contribution in [3.05, 3.63) is 81.3 Å². The first kappa shape index (κ1) is 23.1. The van der Waals surface area contributed by atoms with Gasteiger partial charge in [-0.3, -0.25) is 9.59 Å². The number of carbonyl (C=O) groups is 2. The number of nitrogens with two attached hydrogens (primary N) is 1. The molecule has 2 amide bonds. The molecule has 3 aromatic rings. The fourth-order valence-electron chi connectivity index (χ4n) is 3.14. The molecule has 4 N–H and O–H groups in total. The van der Waals surface area contributed by atoms with Crippen LogP contribution < -0.4 is 25.8 Å². The van der Waals surface area contributed by atoms with E-state index in [1.165, 1.54) is 7.11 Å². The van der Waals surface area contributed by atoms with E-state index >= 15 is 0 Å². The normalized spacial score (nSPS) is 10.4. The Morgan fingerprint density at radius 3 is 2.31 bits per heavy atom. The maximum Gasteiger partial charge on any atom is 0.255 e. The van der Waals surface area contributed by atoms with Gasteiger partial charge in [0.15, 0.2) is 11.5 Å². The molecular formula is C24H24BrN3O4. The van der Waals surface area contributed by atoms with Gasteiger partial charge in [0.1, 0.15) is 0 Å². The van der Waals surface area contributed by atoms with Crippen LogP contribution in [0.15, 0.2) is 59.1 Å². The van der Waals surface area contributed by atoms with Crippen molar-refractivity contribution in [1.82, 2.24) is 5.32 Å². The van der Waals surface area contributed by atoms with Crippen LogP contribution in [0.3, 0.4) is 0 Å². The molecule has 0 aliphatic rings. The van der Waals surface area contributed by atoms with E-state index in [-0.39, 0.29) is 11.8 Å². The van der Waals surface area contributed by atoms with Crippen LogP contribution in [-0.4, -0.2) is 26.0 Å². The topological polar surface area (TPSA) is 103 Å². The first-order valence-corrected chi connectivity index (χ1v) is 10.6. The van der Waals surface area contributed by atoms with E-state index in [1.807, 2.05) is 6.92 Å². The fourth-order valence-corrected chi connectivity index (χ4v) is 3.71. The summed E-state index contributed by atoms with van der Waals surface area (Å²) in [6.07, 6.45) is 0. The number of benzene rings is 3. The Hall–Kier alpha value is -3.52. The second-order valence-electron chi connectivity index (χ2n) is 7.02. The number of hydrogen-bond acceptors (Lipinski definition) is 5. The molecule has 0 bridgehead atoms. The van der Waals surface area contributed by atoms with E-state index in [2.05, 4.69) is 26.6 Å². The van der Waals surface area contributed by atoms with Gasteiger partial charge in [0.2, 0.25) is 0 Å². The minimum absolute atomic E-state index is 0.245. The predicted octanol–water partition coefficient (Wildman–Crippen LogP) is 4.54. The second kappa shape index (κ2) is 10.2. The molecule has 0 aliphatic heterocycles. The summed E-state index contributed by atoms with van der Waals surface area (Å²) in [5.41, 5.74) is 9.49. The van der Waals surface area contributed by atoms with Gasteiger partial charge >= 0.3 is 0 Å². The molecular weight excluding hydrogens is 474 g/mol. The highest BCUT2D eigenvalue weighted by Gasteiger charge is 2.19. The quantitative estimate of drug-likeness (QED) is 0.415. The minimum atomic E-state index is -0.260. The van der Waals surface area contributed by atoms with Crippen LogP contribution in [0.25, 0.3) is 0 Å². The van der Waals surface area contributed by atoms with Gasteiger partial charge < -0.3 is 25.8 Å². The highest BCUT2D eigenvalue weighted by atomic mass is 79.9. The molecule has 3 aromatic carbocycles. The van der Waals surface area contributed by atoms with Crippen LogP contribution in [0.1, 0.15) is 31.8 Å². The second-order valence-corrected chi connectivity index (χ2v) is 7.81. The first-order chi connectivity index (χ1) is 15.3. The molecule has 8 heteroatoms. The van der Waals surface area contributed by atoms with Crippen molar-refractivity contribution < 1.29 is 19.1 Å². The van der Waals surface area contributed by atoms with Crippen molar-refractivity contribution in [2.24, 2.45) is 0 Å². The third-order valence-electron chi connectivity index (χ3n) is 4.98. The van der Waals surface area contributed by atoms with Crippen molar-refractivity contribution >= 4 is 39.1 Å². The molecule has 0 unspecified atom stereocenters. The molecule has 7 nitrogen and oxygen atoms in total. The zero-order chi connectivity index (χ0) is 23.3. The third-order valence-corrected chi connectivity index (χ3v) is 5.93. The number of ether oxygens (including phenoxy) is 2. The Balaban J connectivity index is 1.67. The average Bonchev–Trinajstić information content (AvgIpc) is 2.80. The summed E-state index contributed by atoms with van der Waals surface area (Å²) in [6, 6.07) is 15.7. The molecule has 0 saturated carbocycles. The number of rotatable bonds is 7. The molecule has 0 aliphatic carbocycles. The van der Waals surface area contributed by atoms with Gasteiger partial charge in [-0.1, -0.05) is 24.3 Å². The lowest BCUT2D eigenvalue weighted by Gasteiger charge is -2.15. The van der Waals surface area contributed by atoms with Gasteiger partial charge in [-0.25, -0.2) is 0 Å². The lowest BCUT2D eigenvalue weighted by molar-refractivity contribution is 0.0948. The smallest absolute Gasteiger partial charge is 0.255 e. The molecule has 0 atom stereocenters. The molecule has 0 heterocycles. The Kier molecular flexibility index (Phi) is 7.37. The van der Waals surface area contributed by atoms with Crippen LogP contribution in [0, 0.1) is 6.92 Å². The van der Waals surface area contributed by atoms with Crippen LogP contribution in [0.2, 0.25) is 0 Å². The number of halogens is 1. The van der Waals surface area contributed by atoms with E-state index in [4.69, 9.17) is 15.2 Å². The Morgan fingerprint density at radius 2 is 1.69 bits per heavy atom. The number of nitrogens with one attached hydrogen (secondary N) is 2. The molecule has 166 valence electrons. The molecule has 0 saturated heterocycles. The largest absolute Gasteiger partial charge is 0.493 e. The lowest BCUT2D eigenvalue weighted by atomic mass is 10.1. The number of carbonyl (C=O) groups excluding carboxylic acids is 2. The monoisotopic (exact) mass is 497 g/mol. The van der Waals surface area contributed by atoms with Crippen LogP contribution in [-0.2, 0) is 6.54 Å². The third kappa shape index (κ3) is 5.03. The molecule has 0 aromatic heterocycles. The molecule has 32 heavy (non-hydrogen) atoms. The van der Waals surface area contributed by atoms with E-state index < -0.39 is 0 Å². The van der Waals surface area contributed by atoms with Gasteiger partial charge in [-0.2, -0.15) is 0 Å². The summed E-state index contributed by atoms with van der Waals surface area (Å²) in [7, 11) is 3.06. The summed E-state index contributed by atoms with van der Waals surface area (Å²) in [4.78, 5) is 25.2. The standard InChI is InChI=1S/C24H24BrN3O4/c1-14-17(12-20(31-2)22(32-3)21(14)25)24(30)27-13-15-8-10-16(11-9-15)23(29)28-19-7-5-4-6-18(19)26/h4-12H,13,26H2,1-3H3,(H,27,30)(H,28,29). The van der Waals surface area contributed by atoms with Crippen molar-refractivity contribution in [3.8, 4) is 11.5 Å². The highest BCUT2D eigenvalue weighted by molar-refractivity contribution is 9.10. The van der Waals surface area contributed by atoms with Crippen molar-refractivity contribution in [1.29, 1.82) is 0 Å². The van der Waals surface area contributed by atoms with E-state index in [1.54, 1.807) is 61.7 Å². The average molecular weight is 498 g/mol. The maximum atomic E-state index is 12.8. The first-order valence-electron chi connectivity index (χ1n) is 9.79. The fraction of sp³-hybridized carbons (Fsp3) is 0.167. The number of amides is 2. The van der Waals surface area contributed by atoms with Crippen molar-refractivity contribution in [2.45, 2.75) is 13.5 Å².